The average molecular weight is 634 g/mol. The van der Waals surface area contributed by atoms with Crippen LogP contribution in [0, 0.1) is 0 Å². The fourth-order valence-corrected chi connectivity index (χ4v) is 8.19. The zero-order valence-corrected chi connectivity index (χ0v) is 26.5. The Morgan fingerprint density at radius 2 is 1.95 bits per heavy atom. The minimum atomic E-state index is -0.927. The molecule has 0 radical (unpaired) electrons. The van der Waals surface area contributed by atoms with Crippen LogP contribution in [-0.4, -0.2) is 66.5 Å². The summed E-state index contributed by atoms with van der Waals surface area (Å²) in [6, 6.07) is 4.64. The molecule has 0 aromatic carbocycles. The molecule has 0 bridgehead atoms. The monoisotopic (exact) mass is 633 g/mol. The lowest BCUT2D eigenvalue weighted by atomic mass is 9.88. The number of fused-ring (bicyclic) bond motifs is 3. The number of hydrogen-bond donors (Lipinski definition) is 2. The van der Waals surface area contributed by atoms with Gasteiger partial charge in [0.05, 0.1) is 15.4 Å². The van der Waals surface area contributed by atoms with Gasteiger partial charge in [0.25, 0.3) is 0 Å². The summed E-state index contributed by atoms with van der Waals surface area (Å²) in [5.41, 5.74) is 4.25. The number of carbonyl (C=O) groups excluding carboxylic acids is 2. The first-order valence-electron chi connectivity index (χ1n) is 15.4. The normalized spacial score (nSPS) is 24.9. The van der Waals surface area contributed by atoms with Crippen molar-refractivity contribution < 1.29 is 14.3 Å². The first kappa shape index (κ1) is 29.2. The molecule has 44 heavy (non-hydrogen) atoms. The van der Waals surface area contributed by atoms with E-state index in [0.717, 1.165) is 41.8 Å². The molecule has 2 aliphatic carbocycles. The molecule has 5 heterocycles. The number of ether oxygens (including phenoxy) is 1. The van der Waals surface area contributed by atoms with Gasteiger partial charge in [-0.25, -0.2) is 9.67 Å². The van der Waals surface area contributed by atoms with Gasteiger partial charge in [-0.1, -0.05) is 17.4 Å². The number of thiazole rings is 1. The van der Waals surface area contributed by atoms with Crippen LogP contribution in [0.1, 0.15) is 64.5 Å². The number of rotatable bonds is 6. The smallest absolute Gasteiger partial charge is 0.247 e. The summed E-state index contributed by atoms with van der Waals surface area (Å²) in [6.07, 6.45) is 14.5. The third-order valence-corrected chi connectivity index (χ3v) is 10.4. The minimum Gasteiger partial charge on any atom is -0.483 e. The Morgan fingerprint density at radius 3 is 2.66 bits per heavy atom. The highest BCUT2D eigenvalue weighted by molar-refractivity contribution is 7.19. The Balaban J connectivity index is 1.18. The molecule has 4 aliphatic rings. The van der Waals surface area contributed by atoms with Crippen molar-refractivity contribution >= 4 is 45.6 Å². The number of nitrogens with one attached hydrogen (secondary N) is 2. The van der Waals surface area contributed by atoms with Gasteiger partial charge in [0.15, 0.2) is 10.9 Å². The molecule has 1 atom stereocenters. The summed E-state index contributed by atoms with van der Waals surface area (Å²) in [4.78, 5) is 36.6. The lowest BCUT2D eigenvalue weighted by Crippen LogP contribution is -2.44. The van der Waals surface area contributed by atoms with Crippen molar-refractivity contribution in [2.75, 3.05) is 18.4 Å². The molecule has 3 aromatic heterocycles. The number of allylic oxidation sites excluding steroid dienone is 3. The van der Waals surface area contributed by atoms with Crippen molar-refractivity contribution in [1.82, 2.24) is 30.0 Å². The summed E-state index contributed by atoms with van der Waals surface area (Å²) in [5, 5.41) is 11.6. The van der Waals surface area contributed by atoms with Crippen LogP contribution < -0.4 is 15.4 Å². The van der Waals surface area contributed by atoms with E-state index in [2.05, 4.69) is 25.5 Å². The van der Waals surface area contributed by atoms with Gasteiger partial charge >= 0.3 is 0 Å². The van der Waals surface area contributed by atoms with E-state index < -0.39 is 4.87 Å². The third kappa shape index (κ3) is 5.57. The van der Waals surface area contributed by atoms with Crippen molar-refractivity contribution in [2.24, 2.45) is 0 Å². The molecule has 2 fully saturated rings. The van der Waals surface area contributed by atoms with Gasteiger partial charge in [-0.15, -0.1) is 11.6 Å². The molecule has 7 rings (SSSR count). The van der Waals surface area contributed by atoms with Crippen LogP contribution in [0.15, 0.2) is 42.3 Å². The van der Waals surface area contributed by atoms with E-state index in [1.807, 2.05) is 35.9 Å². The minimum absolute atomic E-state index is 0.0524. The fraction of sp³-hybridized carbons (Fsp3) is 0.469. The molecule has 1 unspecified atom stereocenters. The van der Waals surface area contributed by atoms with Crippen LogP contribution in [0.4, 0.5) is 5.13 Å². The third-order valence-electron chi connectivity index (χ3n) is 9.03. The molecule has 1 saturated carbocycles. The van der Waals surface area contributed by atoms with E-state index in [1.54, 1.807) is 12.4 Å². The first-order valence-corrected chi connectivity index (χ1v) is 16.6. The molecule has 3 aromatic rings. The Bertz CT molecular complexity index is 1650. The maximum atomic E-state index is 13.4. The lowest BCUT2D eigenvalue weighted by Gasteiger charge is -2.35. The summed E-state index contributed by atoms with van der Waals surface area (Å²) < 4.78 is 8.05. The summed E-state index contributed by atoms with van der Waals surface area (Å²) in [6.45, 7) is 6.05. The number of nitrogens with zero attached hydrogens (tertiary/aromatic N) is 5. The van der Waals surface area contributed by atoms with Crippen LogP contribution in [0.3, 0.4) is 0 Å². The number of halogens is 1. The number of hydrogen-bond acceptors (Lipinski definition) is 8. The summed E-state index contributed by atoms with van der Waals surface area (Å²) in [5.74, 6) is 0.359. The number of aromatic nitrogens is 4. The highest BCUT2D eigenvalue weighted by Gasteiger charge is 2.39. The van der Waals surface area contributed by atoms with Gasteiger partial charge in [-0.05, 0) is 76.7 Å². The standard InChI is InChI=1S/C32H36ClN7O3S/c1-19(41)35-31-37-24-18-43-28-26(21-6-5-13-34-17-21)38-40(27(28)29(24)44-31)25-12-7-20(16-32(25,2)33)30(42)36-22-8-10-23(11-9-22)39-14-3-4-15-39/h5-7,12-13,17,22-23H,3-4,8-11,14-16,18H2,1-2H3,(H,36,42)(H,35,37,41). The predicted octanol–water partition coefficient (Wildman–Crippen LogP) is 5.61. The molecule has 230 valence electrons. The summed E-state index contributed by atoms with van der Waals surface area (Å²) in [7, 11) is 0. The van der Waals surface area contributed by atoms with Crippen molar-refractivity contribution in [3.05, 3.63) is 47.9 Å². The van der Waals surface area contributed by atoms with Gasteiger partial charge in [0, 0.05) is 49.0 Å². The number of alkyl halides is 1. The molecule has 10 nitrogen and oxygen atoms in total. The summed E-state index contributed by atoms with van der Waals surface area (Å²) >= 11 is 8.64. The zero-order chi connectivity index (χ0) is 30.4. The predicted molar refractivity (Wildman–Crippen MR) is 171 cm³/mol. The number of anilines is 1. The quantitative estimate of drug-likeness (QED) is 0.339. The molecule has 2 amide bonds. The van der Waals surface area contributed by atoms with Crippen LogP contribution in [0.5, 0.6) is 5.75 Å². The Labute approximate surface area is 265 Å². The van der Waals surface area contributed by atoms with Crippen LogP contribution in [0.2, 0.25) is 0 Å². The Morgan fingerprint density at radius 1 is 1.16 bits per heavy atom. The first-order chi connectivity index (χ1) is 21.3. The topological polar surface area (TPSA) is 114 Å². The fourth-order valence-electron chi connectivity index (χ4n) is 6.86. The van der Waals surface area contributed by atoms with E-state index in [-0.39, 0.29) is 24.5 Å². The second-order valence-corrected chi connectivity index (χ2v) is 14.1. The molecular weight excluding hydrogens is 598 g/mol. The highest BCUT2D eigenvalue weighted by atomic mass is 35.5. The van der Waals surface area contributed by atoms with Crippen LogP contribution >= 0.6 is 22.9 Å². The van der Waals surface area contributed by atoms with Gasteiger partial charge in [0.1, 0.15) is 23.7 Å². The second-order valence-electron chi connectivity index (χ2n) is 12.3. The number of likely N-dealkylation sites (tertiary alicyclic amines) is 1. The zero-order valence-electron chi connectivity index (χ0n) is 24.9. The number of carbonyl (C=O) groups is 2. The molecule has 0 spiro atoms. The van der Waals surface area contributed by atoms with Crippen molar-refractivity contribution in [2.45, 2.75) is 82.4 Å². The van der Waals surface area contributed by atoms with E-state index in [0.29, 0.717) is 46.0 Å². The van der Waals surface area contributed by atoms with Gasteiger partial charge in [-0.3, -0.25) is 14.6 Å². The molecular formula is C32H36ClN7O3S. The van der Waals surface area contributed by atoms with Crippen molar-refractivity contribution in [3.8, 4) is 27.6 Å². The van der Waals surface area contributed by atoms with Gasteiger partial charge in [0.2, 0.25) is 11.8 Å². The van der Waals surface area contributed by atoms with E-state index >= 15 is 0 Å². The molecule has 1 saturated heterocycles. The maximum absolute atomic E-state index is 13.4. The highest BCUT2D eigenvalue weighted by Crippen LogP contribution is 2.50. The SMILES string of the molecule is CC(=O)Nc1nc2c(s1)-c1c(c(-c3cccnc3)nn1C1=CC=C(C(=O)NC3CCC(N4CCCC4)CC3)CC1(C)Cl)OC2. The second kappa shape index (κ2) is 11.8. The molecule has 12 heteroatoms. The van der Waals surface area contributed by atoms with E-state index in [9.17, 15) is 9.59 Å². The van der Waals surface area contributed by atoms with Crippen molar-refractivity contribution in [1.29, 1.82) is 0 Å². The van der Waals surface area contributed by atoms with E-state index in [4.69, 9.17) is 21.4 Å². The maximum Gasteiger partial charge on any atom is 0.247 e. The van der Waals surface area contributed by atoms with E-state index in [1.165, 1.54) is 44.2 Å². The van der Waals surface area contributed by atoms with Gasteiger partial charge in [-0.2, -0.15) is 5.10 Å². The average Bonchev–Trinajstić information content (AvgIpc) is 3.76. The molecule has 2 aliphatic heterocycles. The van der Waals surface area contributed by atoms with Crippen molar-refractivity contribution in [3.63, 3.8) is 0 Å². The van der Waals surface area contributed by atoms with Gasteiger partial charge < -0.3 is 20.3 Å². The number of pyridine rings is 1. The lowest BCUT2D eigenvalue weighted by molar-refractivity contribution is -0.118. The Hall–Kier alpha value is -3.54. The largest absolute Gasteiger partial charge is 0.483 e. The number of amides is 2. The van der Waals surface area contributed by atoms with Crippen LogP contribution in [0.25, 0.3) is 27.5 Å². The molecule has 2 N–H and O–H groups in total. The van der Waals surface area contributed by atoms with Crippen LogP contribution in [-0.2, 0) is 16.2 Å². The Kier molecular flexibility index (Phi) is 7.80.